The molecule has 0 unspecified atom stereocenters. The first-order chi connectivity index (χ1) is 1.91. The van der Waals surface area contributed by atoms with Gasteiger partial charge >= 0.3 is 48.1 Å². The molecule has 0 aromatic rings. The topological polar surface area (TPSA) is 0 Å². The molecule has 0 heterocycles. The molecule has 0 radical (unpaired) electrons. The third-order valence-corrected chi connectivity index (χ3v) is 67.5. The molecule has 0 fully saturated rings. The van der Waals surface area contributed by atoms with Crippen molar-refractivity contribution in [1.82, 2.24) is 0 Å². The van der Waals surface area contributed by atoms with Crippen LogP contribution < -0.4 is 0 Å². The number of hydrogen-bond donors (Lipinski definition) is 0. The first-order valence-electron chi connectivity index (χ1n) is 0.983. The Labute approximate surface area is 47.5 Å². The summed E-state index contributed by atoms with van der Waals surface area (Å²) < 4.78 is 0. The standard InChI is InChI=1S/H6Si2Te2/c1-3-4-2/h1-2H3. The molecule has 0 N–H and O–H groups in total. The average Bonchev–Trinajstić information content (AvgIpc) is 1.37. The fraction of sp³-hybridized carbons (Fsp3) is 0. The van der Waals surface area contributed by atoms with Crippen molar-refractivity contribution in [3.63, 3.8) is 0 Å². The number of rotatable bonds is 1. The first kappa shape index (κ1) is 6.01. The van der Waals surface area contributed by atoms with Crippen molar-refractivity contribution < 1.29 is 0 Å². The van der Waals surface area contributed by atoms with Crippen LogP contribution in [-0.4, -0.2) is 48.1 Å². The third-order valence-electron chi connectivity index (χ3n) is 0.167. The van der Waals surface area contributed by atoms with Crippen molar-refractivity contribution in [1.29, 1.82) is 0 Å². The van der Waals surface area contributed by atoms with Gasteiger partial charge in [-0.15, -0.1) is 0 Å². The minimum absolute atomic E-state index is 0.812. The molecule has 0 aliphatic rings. The Bertz CT molecular complexity index is 6.00. The summed E-state index contributed by atoms with van der Waals surface area (Å²) in [4.78, 5) is 0. The average molecular weight is 317 g/mol. The van der Waals surface area contributed by atoms with Crippen LogP contribution in [0.2, 0.25) is 0 Å². The molecule has 0 atom stereocenters. The van der Waals surface area contributed by atoms with Crippen LogP contribution in [0.1, 0.15) is 0 Å². The summed E-state index contributed by atoms with van der Waals surface area (Å²) in [6.07, 6.45) is 0. The quantitative estimate of drug-likeness (QED) is 0.449. The maximum absolute atomic E-state index is 1.61. The number of hydrogen-bond acceptors (Lipinski definition) is 0. The van der Waals surface area contributed by atoms with Crippen LogP contribution in [0.5, 0.6) is 0 Å². The first-order valence-corrected chi connectivity index (χ1v) is 23.9. The summed E-state index contributed by atoms with van der Waals surface area (Å²) >= 11 is 1.62. The van der Waals surface area contributed by atoms with Crippen LogP contribution in [0.25, 0.3) is 0 Å². The van der Waals surface area contributed by atoms with Gasteiger partial charge in [0.15, 0.2) is 0 Å². The van der Waals surface area contributed by atoms with E-state index in [1.165, 1.54) is 0 Å². The fourth-order valence-electron chi connectivity index (χ4n) is 0. The summed E-state index contributed by atoms with van der Waals surface area (Å²) in [7, 11) is 3.22. The predicted molar refractivity (Wildman–Crippen MR) is 31.4 cm³/mol. The van der Waals surface area contributed by atoms with Crippen molar-refractivity contribution in [3.8, 4) is 0 Å². The van der Waals surface area contributed by atoms with Gasteiger partial charge in [0.25, 0.3) is 0 Å². The minimum atomic E-state index is 0.812. The van der Waals surface area contributed by atoms with Crippen molar-refractivity contribution in [2.45, 2.75) is 0 Å². The van der Waals surface area contributed by atoms with Crippen LogP contribution in [0.3, 0.4) is 0 Å². The zero-order valence-corrected chi connectivity index (χ0v) is 11.5. The normalized spacial score (nSPS) is 9.00. The zero-order chi connectivity index (χ0) is 3.41. The van der Waals surface area contributed by atoms with E-state index in [1.54, 1.807) is 15.6 Å². The Morgan fingerprint density at radius 2 is 1.25 bits per heavy atom. The van der Waals surface area contributed by atoms with Gasteiger partial charge in [-0.2, -0.15) is 0 Å². The molecule has 0 saturated carbocycles. The van der Waals surface area contributed by atoms with Gasteiger partial charge in [0.2, 0.25) is 0 Å². The van der Waals surface area contributed by atoms with Gasteiger partial charge in [-0.05, 0) is 0 Å². The van der Waals surface area contributed by atoms with Gasteiger partial charge in [-0.25, -0.2) is 0 Å². The van der Waals surface area contributed by atoms with Gasteiger partial charge in [0.1, 0.15) is 0 Å². The second-order valence-corrected chi connectivity index (χ2v) is 45.0. The molecule has 0 saturated heterocycles. The molecular formula is H6Si2Te2. The molecule has 0 bridgehead atoms. The fourth-order valence-corrected chi connectivity index (χ4v) is 0. The van der Waals surface area contributed by atoms with E-state index in [2.05, 4.69) is 0 Å². The van der Waals surface area contributed by atoms with Crippen LogP contribution >= 0.6 is 0 Å². The van der Waals surface area contributed by atoms with Crippen LogP contribution in [0.4, 0.5) is 0 Å². The molecule has 4 heavy (non-hydrogen) atoms. The van der Waals surface area contributed by atoms with Crippen molar-refractivity contribution in [2.75, 3.05) is 0 Å². The van der Waals surface area contributed by atoms with Gasteiger partial charge in [0.05, 0.1) is 0 Å². The van der Waals surface area contributed by atoms with E-state index in [9.17, 15) is 0 Å². The second-order valence-electron chi connectivity index (χ2n) is 0.333. The molecule has 0 aliphatic heterocycles. The summed E-state index contributed by atoms with van der Waals surface area (Å²) in [6.45, 7) is 0. The van der Waals surface area contributed by atoms with E-state index in [-0.39, 0.29) is 0 Å². The summed E-state index contributed by atoms with van der Waals surface area (Å²) in [5, 5.41) is 0. The Morgan fingerprint density at radius 1 is 1.00 bits per heavy atom. The molecule has 0 nitrogen and oxygen atoms in total. The molecule has 0 rings (SSSR count). The molecule has 26 valence electrons. The molecule has 0 aromatic heterocycles. The Morgan fingerprint density at radius 3 is 1.25 bits per heavy atom. The van der Waals surface area contributed by atoms with Crippen LogP contribution in [0, 0.1) is 0 Å². The predicted octanol–water partition coefficient (Wildman–Crippen LogP) is -3.13. The van der Waals surface area contributed by atoms with Gasteiger partial charge in [0, 0.05) is 0 Å². The summed E-state index contributed by atoms with van der Waals surface area (Å²) in [6, 6.07) is 0. The van der Waals surface area contributed by atoms with Crippen LogP contribution in [0.15, 0.2) is 0 Å². The molecule has 0 amide bonds. The van der Waals surface area contributed by atoms with Gasteiger partial charge < -0.3 is 0 Å². The van der Waals surface area contributed by atoms with Gasteiger partial charge in [-0.3, -0.25) is 0 Å². The van der Waals surface area contributed by atoms with E-state index in [1.807, 2.05) is 0 Å². The summed E-state index contributed by atoms with van der Waals surface area (Å²) in [5.74, 6) is 0. The Balaban J connectivity index is 1.97. The molecule has 0 spiro atoms. The van der Waals surface area contributed by atoms with Crippen molar-refractivity contribution in [2.24, 2.45) is 0 Å². The van der Waals surface area contributed by atoms with Crippen LogP contribution in [-0.2, 0) is 0 Å². The molecule has 4 heteroatoms. The van der Waals surface area contributed by atoms with E-state index < -0.39 is 0 Å². The van der Waals surface area contributed by atoms with Crippen molar-refractivity contribution in [3.05, 3.63) is 0 Å². The molecule has 0 aliphatic carbocycles. The third kappa shape index (κ3) is 4.01. The van der Waals surface area contributed by atoms with E-state index in [4.69, 9.17) is 0 Å². The second kappa shape index (κ2) is 5.01. The molecular weight excluding hydrogens is 311 g/mol. The molecule has 0 aromatic carbocycles. The van der Waals surface area contributed by atoms with Gasteiger partial charge in [-0.1, -0.05) is 0 Å². The SMILES string of the molecule is [SiH3][Te][Te][SiH3]. The maximum atomic E-state index is 1.61. The monoisotopic (exact) mass is 322 g/mol. The zero-order valence-electron chi connectivity index (χ0n) is 2.82. The Kier molecular flexibility index (Phi) is 7.54. The Hall–Kier alpha value is 2.01. The van der Waals surface area contributed by atoms with Crippen molar-refractivity contribution >= 4 is 48.1 Å². The van der Waals surface area contributed by atoms with E-state index in [0.717, 1.165) is 32.5 Å². The summed E-state index contributed by atoms with van der Waals surface area (Å²) in [5.41, 5.74) is 0. The van der Waals surface area contributed by atoms with E-state index >= 15 is 0 Å². The van der Waals surface area contributed by atoms with E-state index in [0.29, 0.717) is 0 Å².